The number of ether oxygens (including phenoxy) is 1. The van der Waals surface area contributed by atoms with Gasteiger partial charge in [-0.15, -0.1) is 0 Å². The number of carbonyl (C=O) groups excluding carboxylic acids is 1. The van der Waals surface area contributed by atoms with Gasteiger partial charge in [0.05, 0.1) is 6.10 Å². The summed E-state index contributed by atoms with van der Waals surface area (Å²) < 4.78 is 4.97. The molecule has 88 valence electrons. The second-order valence-corrected chi connectivity index (χ2v) is 4.17. The molecule has 0 aromatic heterocycles. The summed E-state index contributed by atoms with van der Waals surface area (Å²) in [5.74, 6) is 0.339. The molecule has 1 aliphatic rings. The first kappa shape index (κ1) is 12.4. The van der Waals surface area contributed by atoms with Crippen LogP contribution in [0, 0.1) is 5.92 Å². The molecule has 1 aliphatic carbocycles. The molecular formula is C10H20N2O3. The van der Waals surface area contributed by atoms with Crippen molar-refractivity contribution >= 4 is 5.91 Å². The Bertz CT molecular complexity index is 213. The number of rotatable bonds is 5. The number of nitrogens with two attached hydrogens (primary N) is 1. The highest BCUT2D eigenvalue weighted by molar-refractivity contribution is 5.80. The Balaban J connectivity index is 2.32. The lowest BCUT2D eigenvalue weighted by Gasteiger charge is -2.35. The van der Waals surface area contributed by atoms with Crippen LogP contribution in [0.25, 0.3) is 0 Å². The van der Waals surface area contributed by atoms with Crippen LogP contribution >= 0.6 is 0 Å². The van der Waals surface area contributed by atoms with Gasteiger partial charge in [-0.3, -0.25) is 4.79 Å². The molecule has 15 heavy (non-hydrogen) atoms. The van der Waals surface area contributed by atoms with Crippen molar-refractivity contribution in [3.05, 3.63) is 0 Å². The molecule has 5 heteroatoms. The summed E-state index contributed by atoms with van der Waals surface area (Å²) in [7, 11) is 3.23. The van der Waals surface area contributed by atoms with Crippen LogP contribution in [-0.2, 0) is 9.53 Å². The topological polar surface area (TPSA) is 75.8 Å². The number of nitrogens with zero attached hydrogens (tertiary/aromatic N) is 1. The molecule has 1 saturated carbocycles. The predicted molar refractivity (Wildman–Crippen MR) is 56.2 cm³/mol. The average Bonchev–Trinajstić information content (AvgIpc) is 2.17. The van der Waals surface area contributed by atoms with Crippen molar-refractivity contribution in [2.75, 3.05) is 27.2 Å². The first-order chi connectivity index (χ1) is 7.08. The highest BCUT2D eigenvalue weighted by atomic mass is 16.5. The van der Waals surface area contributed by atoms with Crippen molar-refractivity contribution in [3.8, 4) is 0 Å². The summed E-state index contributed by atoms with van der Waals surface area (Å²) in [6.07, 6.45) is 0.863. The van der Waals surface area contributed by atoms with Gasteiger partial charge in [-0.25, -0.2) is 0 Å². The molecule has 1 unspecified atom stereocenters. The molecule has 0 aromatic rings. The summed E-state index contributed by atoms with van der Waals surface area (Å²) in [5, 5.41) is 9.12. The lowest BCUT2D eigenvalue weighted by Crippen LogP contribution is -2.46. The number of amides is 1. The minimum Gasteiger partial charge on any atom is -0.393 e. The fourth-order valence-electron chi connectivity index (χ4n) is 1.87. The quantitative estimate of drug-likeness (QED) is 0.630. The van der Waals surface area contributed by atoms with E-state index in [-0.39, 0.29) is 18.6 Å². The molecule has 1 amide bonds. The number of aliphatic hydroxyl groups is 1. The van der Waals surface area contributed by atoms with E-state index in [1.807, 2.05) is 0 Å². The maximum atomic E-state index is 11.7. The fraction of sp³-hybridized carbons (Fsp3) is 0.900. The van der Waals surface area contributed by atoms with Crippen LogP contribution in [0.5, 0.6) is 0 Å². The maximum absolute atomic E-state index is 11.7. The Morgan fingerprint density at radius 1 is 1.67 bits per heavy atom. The van der Waals surface area contributed by atoms with Gasteiger partial charge in [-0.1, -0.05) is 0 Å². The van der Waals surface area contributed by atoms with Gasteiger partial charge in [0, 0.05) is 27.2 Å². The normalized spacial score (nSPS) is 26.9. The number of hydrogen-bond donors (Lipinski definition) is 2. The van der Waals surface area contributed by atoms with Gasteiger partial charge < -0.3 is 20.5 Å². The van der Waals surface area contributed by atoms with E-state index in [2.05, 4.69) is 0 Å². The van der Waals surface area contributed by atoms with E-state index in [0.29, 0.717) is 12.5 Å². The van der Waals surface area contributed by atoms with E-state index >= 15 is 0 Å². The van der Waals surface area contributed by atoms with Gasteiger partial charge in [0.25, 0.3) is 5.91 Å². The van der Waals surface area contributed by atoms with Crippen molar-refractivity contribution in [3.63, 3.8) is 0 Å². The van der Waals surface area contributed by atoms with E-state index in [9.17, 15) is 4.79 Å². The van der Waals surface area contributed by atoms with E-state index in [1.165, 1.54) is 7.11 Å². The number of carbonyl (C=O) groups is 1. The third-order valence-corrected chi connectivity index (χ3v) is 2.89. The summed E-state index contributed by atoms with van der Waals surface area (Å²) in [6.45, 7) is 0.878. The molecule has 0 spiro atoms. The van der Waals surface area contributed by atoms with Crippen LogP contribution in [0.1, 0.15) is 12.8 Å². The summed E-state index contributed by atoms with van der Waals surface area (Å²) in [6, 6.07) is 0. The molecule has 0 saturated heterocycles. The van der Waals surface area contributed by atoms with Gasteiger partial charge in [-0.05, 0) is 18.8 Å². The SMILES string of the molecule is COC(CN)C(=O)N(C)CC1CC(O)C1. The van der Waals surface area contributed by atoms with E-state index in [1.54, 1.807) is 11.9 Å². The Morgan fingerprint density at radius 2 is 2.27 bits per heavy atom. The molecule has 0 bridgehead atoms. The molecule has 1 fully saturated rings. The van der Waals surface area contributed by atoms with Crippen LogP contribution in [0.2, 0.25) is 0 Å². The molecular weight excluding hydrogens is 196 g/mol. The van der Waals surface area contributed by atoms with Crippen LogP contribution < -0.4 is 5.73 Å². The van der Waals surface area contributed by atoms with Gasteiger partial charge in [0.1, 0.15) is 6.10 Å². The Labute approximate surface area is 90.2 Å². The monoisotopic (exact) mass is 216 g/mol. The lowest BCUT2D eigenvalue weighted by atomic mass is 9.82. The second-order valence-electron chi connectivity index (χ2n) is 4.17. The average molecular weight is 216 g/mol. The molecule has 0 radical (unpaired) electrons. The highest BCUT2D eigenvalue weighted by Gasteiger charge is 2.30. The zero-order valence-corrected chi connectivity index (χ0v) is 9.35. The third-order valence-electron chi connectivity index (χ3n) is 2.89. The Morgan fingerprint density at radius 3 is 2.67 bits per heavy atom. The largest absolute Gasteiger partial charge is 0.393 e. The number of aliphatic hydroxyl groups excluding tert-OH is 1. The molecule has 1 atom stereocenters. The number of methoxy groups -OCH3 is 1. The lowest BCUT2D eigenvalue weighted by molar-refractivity contribution is -0.141. The molecule has 5 nitrogen and oxygen atoms in total. The van der Waals surface area contributed by atoms with Crippen molar-refractivity contribution in [2.24, 2.45) is 11.7 Å². The number of hydrogen-bond acceptors (Lipinski definition) is 4. The zero-order valence-electron chi connectivity index (χ0n) is 9.35. The minimum atomic E-state index is -0.542. The maximum Gasteiger partial charge on any atom is 0.252 e. The number of likely N-dealkylation sites (N-methyl/N-ethyl adjacent to an activating group) is 1. The molecule has 0 aliphatic heterocycles. The van der Waals surface area contributed by atoms with Crippen molar-refractivity contribution in [2.45, 2.75) is 25.0 Å². The van der Waals surface area contributed by atoms with E-state index in [0.717, 1.165) is 12.8 Å². The molecule has 3 N–H and O–H groups in total. The molecule has 0 heterocycles. The standard InChI is InChI=1S/C10H20N2O3/c1-12(6-7-3-8(13)4-7)10(14)9(5-11)15-2/h7-9,13H,3-6,11H2,1-2H3. The Kier molecular flexibility index (Phi) is 4.50. The van der Waals surface area contributed by atoms with Crippen LogP contribution in [0.3, 0.4) is 0 Å². The highest BCUT2D eigenvalue weighted by Crippen LogP contribution is 2.27. The van der Waals surface area contributed by atoms with Crippen molar-refractivity contribution < 1.29 is 14.6 Å². The van der Waals surface area contributed by atoms with E-state index in [4.69, 9.17) is 15.6 Å². The summed E-state index contributed by atoms with van der Waals surface area (Å²) >= 11 is 0. The van der Waals surface area contributed by atoms with Crippen molar-refractivity contribution in [1.82, 2.24) is 4.90 Å². The smallest absolute Gasteiger partial charge is 0.252 e. The van der Waals surface area contributed by atoms with Gasteiger partial charge in [0.15, 0.2) is 0 Å². The predicted octanol–water partition coefficient (Wildman–Crippen LogP) is -0.811. The third kappa shape index (κ3) is 3.15. The first-order valence-electron chi connectivity index (χ1n) is 5.24. The van der Waals surface area contributed by atoms with E-state index < -0.39 is 6.10 Å². The fourth-order valence-corrected chi connectivity index (χ4v) is 1.87. The van der Waals surface area contributed by atoms with Crippen LogP contribution in [0.15, 0.2) is 0 Å². The van der Waals surface area contributed by atoms with Crippen LogP contribution in [-0.4, -0.2) is 55.4 Å². The summed E-state index contributed by atoms with van der Waals surface area (Å²) in [5.41, 5.74) is 5.41. The second kappa shape index (κ2) is 5.44. The van der Waals surface area contributed by atoms with Gasteiger partial charge in [0.2, 0.25) is 0 Å². The van der Waals surface area contributed by atoms with Gasteiger partial charge >= 0.3 is 0 Å². The molecule has 0 aromatic carbocycles. The van der Waals surface area contributed by atoms with Crippen LogP contribution in [0.4, 0.5) is 0 Å². The Hall–Kier alpha value is -0.650. The van der Waals surface area contributed by atoms with Crippen molar-refractivity contribution in [1.29, 1.82) is 0 Å². The van der Waals surface area contributed by atoms with Gasteiger partial charge in [-0.2, -0.15) is 0 Å². The summed E-state index contributed by atoms with van der Waals surface area (Å²) in [4.78, 5) is 13.4. The zero-order chi connectivity index (χ0) is 11.4. The first-order valence-corrected chi connectivity index (χ1v) is 5.24. The molecule has 1 rings (SSSR count). The minimum absolute atomic E-state index is 0.0820.